The molecule has 4 rings (SSSR count). The van der Waals surface area contributed by atoms with Crippen LogP contribution in [-0.2, 0) is 10.2 Å². The molecule has 3 aromatic rings. The number of hydrogen-bond acceptors (Lipinski definition) is 2. The molecule has 3 nitrogen and oxygen atoms in total. The van der Waals surface area contributed by atoms with Gasteiger partial charge in [0, 0.05) is 16.7 Å². The largest absolute Gasteiger partial charge is 0.326 e. The van der Waals surface area contributed by atoms with Gasteiger partial charge in [0.05, 0.1) is 5.92 Å². The molecule has 3 aromatic carbocycles. The van der Waals surface area contributed by atoms with Crippen LogP contribution >= 0.6 is 0 Å². The normalized spacial score (nSPS) is 17.1. The average molecular weight is 355 g/mol. The van der Waals surface area contributed by atoms with Crippen LogP contribution in [0.2, 0.25) is 0 Å². The van der Waals surface area contributed by atoms with E-state index in [1.807, 2.05) is 42.5 Å². The zero-order valence-corrected chi connectivity index (χ0v) is 15.2. The van der Waals surface area contributed by atoms with Gasteiger partial charge < -0.3 is 5.32 Å². The molecule has 134 valence electrons. The molecule has 1 amide bonds. The summed E-state index contributed by atoms with van der Waals surface area (Å²) in [5.41, 5.74) is 3.29. The van der Waals surface area contributed by atoms with Crippen LogP contribution in [0.25, 0.3) is 0 Å². The summed E-state index contributed by atoms with van der Waals surface area (Å²) in [6.45, 7) is 1.53. The lowest BCUT2D eigenvalue weighted by atomic mass is 9.85. The first kappa shape index (κ1) is 17.2. The minimum atomic E-state index is -0.287. The first-order valence-corrected chi connectivity index (χ1v) is 9.14. The van der Waals surface area contributed by atoms with E-state index in [4.69, 9.17) is 0 Å². The molecule has 0 heterocycles. The molecule has 1 unspecified atom stereocenters. The molecular weight excluding hydrogens is 334 g/mol. The summed E-state index contributed by atoms with van der Waals surface area (Å²) < 4.78 is 0. The van der Waals surface area contributed by atoms with Crippen molar-refractivity contribution in [1.82, 2.24) is 0 Å². The highest BCUT2D eigenvalue weighted by Crippen LogP contribution is 2.59. The number of amides is 1. The first-order valence-electron chi connectivity index (χ1n) is 9.14. The molecule has 0 aromatic heterocycles. The van der Waals surface area contributed by atoms with Crippen molar-refractivity contribution >= 4 is 17.4 Å². The van der Waals surface area contributed by atoms with E-state index in [1.54, 1.807) is 18.2 Å². The van der Waals surface area contributed by atoms with Crippen molar-refractivity contribution < 1.29 is 9.59 Å². The quantitative estimate of drug-likeness (QED) is 0.666. The molecule has 1 saturated carbocycles. The zero-order chi connectivity index (χ0) is 18.9. The SMILES string of the molecule is CC(=O)c1cccc(NC(=O)C2CC2(c2ccccc2)c2ccccc2)c1. The fraction of sp³-hybridized carbons (Fsp3) is 0.167. The van der Waals surface area contributed by atoms with Crippen LogP contribution < -0.4 is 5.32 Å². The Bertz CT molecular complexity index is 940. The van der Waals surface area contributed by atoms with Gasteiger partial charge in [-0.15, -0.1) is 0 Å². The molecular formula is C24H21NO2. The van der Waals surface area contributed by atoms with Crippen molar-refractivity contribution in [1.29, 1.82) is 0 Å². The van der Waals surface area contributed by atoms with E-state index >= 15 is 0 Å². The topological polar surface area (TPSA) is 46.2 Å². The highest BCUT2D eigenvalue weighted by molar-refractivity contribution is 5.99. The van der Waals surface area contributed by atoms with Gasteiger partial charge in [-0.1, -0.05) is 72.8 Å². The van der Waals surface area contributed by atoms with E-state index in [9.17, 15) is 9.59 Å². The molecule has 0 saturated heterocycles. The van der Waals surface area contributed by atoms with Crippen LogP contribution in [0, 0.1) is 5.92 Å². The molecule has 0 radical (unpaired) electrons. The second-order valence-electron chi connectivity index (χ2n) is 7.09. The van der Waals surface area contributed by atoms with Crippen LogP contribution in [0.3, 0.4) is 0 Å². The van der Waals surface area contributed by atoms with Gasteiger partial charge in [-0.25, -0.2) is 0 Å². The number of rotatable bonds is 5. The van der Waals surface area contributed by atoms with Gasteiger partial charge in [-0.2, -0.15) is 0 Å². The number of carbonyl (C=O) groups excluding carboxylic acids is 2. The molecule has 1 N–H and O–H groups in total. The molecule has 0 aliphatic heterocycles. The van der Waals surface area contributed by atoms with Crippen molar-refractivity contribution in [2.24, 2.45) is 5.92 Å². The van der Waals surface area contributed by atoms with E-state index in [2.05, 4.69) is 29.6 Å². The summed E-state index contributed by atoms with van der Waals surface area (Å²) in [4.78, 5) is 24.6. The summed E-state index contributed by atoms with van der Waals surface area (Å²) in [6.07, 6.45) is 0.777. The third kappa shape index (κ3) is 3.17. The Morgan fingerprint density at radius 3 is 2.00 bits per heavy atom. The Balaban J connectivity index is 1.63. The lowest BCUT2D eigenvalue weighted by molar-refractivity contribution is -0.117. The number of nitrogens with one attached hydrogen (secondary N) is 1. The van der Waals surface area contributed by atoms with Gasteiger partial charge in [0.1, 0.15) is 0 Å². The number of hydrogen-bond donors (Lipinski definition) is 1. The van der Waals surface area contributed by atoms with Crippen LogP contribution in [0.5, 0.6) is 0 Å². The van der Waals surface area contributed by atoms with Crippen molar-refractivity contribution in [3.05, 3.63) is 102 Å². The van der Waals surface area contributed by atoms with E-state index in [0.717, 1.165) is 17.5 Å². The maximum Gasteiger partial charge on any atom is 0.228 e. The highest BCUT2D eigenvalue weighted by Gasteiger charge is 2.60. The average Bonchev–Trinajstić information content (AvgIpc) is 3.47. The minimum Gasteiger partial charge on any atom is -0.326 e. The fourth-order valence-electron chi connectivity index (χ4n) is 3.90. The lowest BCUT2D eigenvalue weighted by Gasteiger charge is -2.19. The van der Waals surface area contributed by atoms with Gasteiger partial charge in [0.25, 0.3) is 0 Å². The molecule has 1 aliphatic rings. The van der Waals surface area contributed by atoms with Crippen LogP contribution in [0.4, 0.5) is 5.69 Å². The van der Waals surface area contributed by atoms with Gasteiger partial charge in [-0.05, 0) is 36.6 Å². The Morgan fingerprint density at radius 2 is 1.44 bits per heavy atom. The Morgan fingerprint density at radius 1 is 0.852 bits per heavy atom. The van der Waals surface area contributed by atoms with Gasteiger partial charge in [-0.3, -0.25) is 9.59 Å². The van der Waals surface area contributed by atoms with Crippen LogP contribution in [-0.4, -0.2) is 11.7 Å². The summed E-state index contributed by atoms with van der Waals surface area (Å²) in [5, 5.41) is 3.00. The first-order chi connectivity index (χ1) is 13.1. The standard InChI is InChI=1S/C24H21NO2/c1-17(26)18-9-8-14-21(15-18)25-23(27)22-16-24(22,19-10-4-2-5-11-19)20-12-6-3-7-13-20/h2-15,22H,16H2,1H3,(H,25,27). The van der Waals surface area contributed by atoms with Gasteiger partial charge in [0.15, 0.2) is 5.78 Å². The molecule has 0 spiro atoms. The number of Topliss-reactive ketones (excluding diaryl/α,β-unsaturated/α-hetero) is 1. The molecule has 3 heteroatoms. The molecule has 27 heavy (non-hydrogen) atoms. The number of benzene rings is 3. The molecule has 0 bridgehead atoms. The maximum absolute atomic E-state index is 13.0. The summed E-state index contributed by atoms with van der Waals surface area (Å²) >= 11 is 0. The maximum atomic E-state index is 13.0. The predicted octanol–water partition coefficient (Wildman–Crippen LogP) is 4.83. The summed E-state index contributed by atoms with van der Waals surface area (Å²) in [7, 11) is 0. The third-order valence-corrected chi connectivity index (χ3v) is 5.39. The van der Waals surface area contributed by atoms with Crippen molar-refractivity contribution in [3.63, 3.8) is 0 Å². The van der Waals surface area contributed by atoms with E-state index < -0.39 is 0 Å². The third-order valence-electron chi connectivity index (χ3n) is 5.39. The highest BCUT2D eigenvalue weighted by atomic mass is 16.2. The molecule has 1 atom stereocenters. The van der Waals surface area contributed by atoms with Gasteiger partial charge in [0.2, 0.25) is 5.91 Å². The zero-order valence-electron chi connectivity index (χ0n) is 15.2. The number of anilines is 1. The van der Waals surface area contributed by atoms with Crippen molar-refractivity contribution in [3.8, 4) is 0 Å². The Kier molecular flexibility index (Phi) is 4.36. The van der Waals surface area contributed by atoms with Crippen molar-refractivity contribution in [2.45, 2.75) is 18.8 Å². The predicted molar refractivity (Wildman–Crippen MR) is 107 cm³/mol. The van der Waals surface area contributed by atoms with E-state index in [1.165, 1.54) is 6.92 Å². The fourth-order valence-corrected chi connectivity index (χ4v) is 3.90. The number of ketones is 1. The van der Waals surface area contributed by atoms with E-state index in [0.29, 0.717) is 11.3 Å². The van der Waals surface area contributed by atoms with Gasteiger partial charge >= 0.3 is 0 Å². The summed E-state index contributed by atoms with van der Waals surface area (Å²) in [6, 6.07) is 27.5. The van der Waals surface area contributed by atoms with E-state index in [-0.39, 0.29) is 23.0 Å². The minimum absolute atomic E-state index is 0.0107. The molecule has 1 fully saturated rings. The van der Waals surface area contributed by atoms with Crippen molar-refractivity contribution in [2.75, 3.05) is 5.32 Å². The smallest absolute Gasteiger partial charge is 0.228 e. The second-order valence-corrected chi connectivity index (χ2v) is 7.09. The Hall–Kier alpha value is -3.20. The van der Waals surface area contributed by atoms with Crippen LogP contribution in [0.1, 0.15) is 34.8 Å². The Labute approximate surface area is 159 Å². The van der Waals surface area contributed by atoms with Crippen LogP contribution in [0.15, 0.2) is 84.9 Å². The number of carbonyl (C=O) groups is 2. The second kappa shape index (κ2) is 6.84. The monoisotopic (exact) mass is 355 g/mol. The lowest BCUT2D eigenvalue weighted by Crippen LogP contribution is -2.22. The summed E-state index contributed by atoms with van der Waals surface area (Å²) in [5.74, 6) is -0.160. The molecule has 1 aliphatic carbocycles.